The Morgan fingerprint density at radius 1 is 1.00 bits per heavy atom. The Hall–Kier alpha value is -4.21. The molecule has 0 unspecified atom stereocenters. The third kappa shape index (κ3) is 9.14. The van der Waals surface area contributed by atoms with Gasteiger partial charge in [-0.15, -0.1) is 0 Å². The van der Waals surface area contributed by atoms with Gasteiger partial charge in [0.25, 0.3) is 0 Å². The van der Waals surface area contributed by atoms with Gasteiger partial charge in [-0.2, -0.15) is 0 Å². The minimum atomic E-state index is -3.94. The lowest BCUT2D eigenvalue weighted by atomic mass is 10.0. The average Bonchev–Trinajstić information content (AvgIpc) is 2.98. The molecule has 2 aromatic carbocycles. The summed E-state index contributed by atoms with van der Waals surface area (Å²) in [5.41, 5.74) is 12.8. The largest absolute Gasteiger partial charge is 0.489 e. The van der Waals surface area contributed by atoms with Gasteiger partial charge in [0.1, 0.15) is 23.7 Å². The van der Waals surface area contributed by atoms with Crippen LogP contribution in [0.5, 0.6) is 5.75 Å². The van der Waals surface area contributed by atoms with Crippen LogP contribution in [-0.2, 0) is 19.5 Å². The molecule has 0 fully saturated rings. The minimum absolute atomic E-state index is 0.0737. The van der Waals surface area contributed by atoms with Gasteiger partial charge in [0.2, 0.25) is 16.0 Å². The number of nitrogens with two attached hydrogens (primary N) is 2. The summed E-state index contributed by atoms with van der Waals surface area (Å²) in [6.45, 7) is 5.30. The number of nitrogen functional groups attached to an aromatic ring is 2. The number of hydrogen-bond donors (Lipinski definition) is 3. The second-order valence-electron chi connectivity index (χ2n) is 8.89. The van der Waals surface area contributed by atoms with Crippen molar-refractivity contribution in [1.82, 2.24) is 19.9 Å². The first-order valence-corrected chi connectivity index (χ1v) is 15.0. The van der Waals surface area contributed by atoms with Crippen LogP contribution in [0.3, 0.4) is 0 Å². The Morgan fingerprint density at radius 2 is 1.72 bits per heavy atom. The molecule has 0 aliphatic rings. The molecule has 4 rings (SSSR count). The molecule has 43 heavy (non-hydrogen) atoms. The van der Waals surface area contributed by atoms with E-state index >= 15 is 4.39 Å². The molecule has 232 valence electrons. The van der Waals surface area contributed by atoms with Gasteiger partial charge < -0.3 is 25.7 Å². The number of ether oxygens (including phenoxy) is 3. The first kappa shape index (κ1) is 33.3. The van der Waals surface area contributed by atoms with E-state index in [0.29, 0.717) is 22.0 Å². The normalized spacial score (nSPS) is 11.2. The second-order valence-corrected chi connectivity index (χ2v) is 10.7. The summed E-state index contributed by atoms with van der Waals surface area (Å²) in [5.74, 6) is -0.623. The summed E-state index contributed by atoms with van der Waals surface area (Å²) >= 11 is 0. The zero-order valence-electron chi connectivity index (χ0n) is 24.1. The highest BCUT2D eigenvalue weighted by Crippen LogP contribution is 2.37. The molecule has 12 nitrogen and oxygen atoms in total. The molecule has 0 atom stereocenters. The standard InChI is InChI=1S/C24H25F2N7O4S.C4H10O/c1-36-7-8-37-19-11-14(16-4-2-5-18(20(16)26)33-38(34,35)9-3-6-25)10-17-21(19)31-23(32-22(17)27)15-12-29-24(28)30-13-15;1-3-5-4-2/h2,4-5,10-13,33H,3,6-9H2,1H3,(H2,27,31,32)(H2,28,29,30);3-4H2,1-2H3. The summed E-state index contributed by atoms with van der Waals surface area (Å²) in [6.07, 6.45) is 2.71. The third-order valence-electron chi connectivity index (χ3n) is 5.80. The monoisotopic (exact) mass is 619 g/mol. The molecule has 0 aliphatic carbocycles. The summed E-state index contributed by atoms with van der Waals surface area (Å²) in [7, 11) is -2.42. The molecule has 0 amide bonds. The van der Waals surface area contributed by atoms with Crippen LogP contribution in [0.4, 0.5) is 26.2 Å². The van der Waals surface area contributed by atoms with E-state index in [0.717, 1.165) is 13.2 Å². The topological polar surface area (TPSA) is 177 Å². The number of benzene rings is 2. The summed E-state index contributed by atoms with van der Waals surface area (Å²) < 4.78 is 70.4. The Balaban J connectivity index is 0.000000934. The lowest BCUT2D eigenvalue weighted by Gasteiger charge is -2.15. The lowest BCUT2D eigenvalue weighted by molar-refractivity contribution is 0.147. The smallest absolute Gasteiger partial charge is 0.232 e. The van der Waals surface area contributed by atoms with E-state index in [1.165, 1.54) is 37.7 Å². The zero-order chi connectivity index (χ0) is 31.4. The van der Waals surface area contributed by atoms with Crippen LogP contribution < -0.4 is 20.9 Å². The van der Waals surface area contributed by atoms with Crippen LogP contribution in [0.2, 0.25) is 0 Å². The van der Waals surface area contributed by atoms with Crippen molar-refractivity contribution in [1.29, 1.82) is 0 Å². The highest BCUT2D eigenvalue weighted by atomic mass is 32.2. The fraction of sp³-hybridized carbons (Fsp3) is 0.357. The average molecular weight is 620 g/mol. The lowest BCUT2D eigenvalue weighted by Crippen LogP contribution is -2.18. The molecule has 2 heterocycles. The number of anilines is 3. The molecule has 15 heteroatoms. The number of halogens is 2. The van der Waals surface area contributed by atoms with Crippen molar-refractivity contribution in [3.63, 3.8) is 0 Å². The second kappa shape index (κ2) is 15.9. The molecule has 0 bridgehead atoms. The molecule has 0 radical (unpaired) electrons. The first-order chi connectivity index (χ1) is 20.6. The Kier molecular flexibility index (Phi) is 12.3. The van der Waals surface area contributed by atoms with Gasteiger partial charge in [0.05, 0.1) is 30.3 Å². The van der Waals surface area contributed by atoms with Crippen LogP contribution in [0.25, 0.3) is 33.4 Å². The van der Waals surface area contributed by atoms with Crippen LogP contribution in [0, 0.1) is 5.82 Å². The third-order valence-corrected chi connectivity index (χ3v) is 7.16. The van der Waals surface area contributed by atoms with E-state index in [1.807, 2.05) is 13.8 Å². The highest BCUT2D eigenvalue weighted by Gasteiger charge is 2.19. The number of rotatable bonds is 13. The number of alkyl halides is 1. The van der Waals surface area contributed by atoms with E-state index in [9.17, 15) is 12.8 Å². The number of aromatic nitrogens is 4. The van der Waals surface area contributed by atoms with Crippen molar-refractivity contribution >= 4 is 38.4 Å². The number of nitrogens with zero attached hydrogens (tertiary/aromatic N) is 4. The number of sulfonamides is 1. The van der Waals surface area contributed by atoms with Crippen molar-refractivity contribution in [3.05, 3.63) is 48.5 Å². The van der Waals surface area contributed by atoms with Crippen LogP contribution in [-0.4, -0.2) is 74.3 Å². The predicted octanol–water partition coefficient (Wildman–Crippen LogP) is 4.23. The minimum Gasteiger partial charge on any atom is -0.489 e. The van der Waals surface area contributed by atoms with Crippen molar-refractivity contribution in [2.24, 2.45) is 0 Å². The van der Waals surface area contributed by atoms with Crippen molar-refractivity contribution < 1.29 is 31.4 Å². The fourth-order valence-electron chi connectivity index (χ4n) is 3.81. The van der Waals surface area contributed by atoms with Crippen LogP contribution >= 0.6 is 0 Å². The first-order valence-electron chi connectivity index (χ1n) is 13.4. The maximum Gasteiger partial charge on any atom is 0.232 e. The van der Waals surface area contributed by atoms with Gasteiger partial charge >= 0.3 is 0 Å². The van der Waals surface area contributed by atoms with Crippen molar-refractivity contribution in [2.75, 3.05) is 62.2 Å². The van der Waals surface area contributed by atoms with E-state index in [2.05, 4.69) is 24.7 Å². The number of nitrogens with one attached hydrogen (secondary N) is 1. The maximum absolute atomic E-state index is 15.5. The fourth-order valence-corrected chi connectivity index (χ4v) is 4.89. The maximum atomic E-state index is 15.5. The molecular weight excluding hydrogens is 584 g/mol. The summed E-state index contributed by atoms with van der Waals surface area (Å²) in [6, 6.07) is 7.39. The van der Waals surface area contributed by atoms with E-state index in [1.54, 1.807) is 12.1 Å². The molecule has 0 saturated carbocycles. The van der Waals surface area contributed by atoms with E-state index < -0.39 is 28.3 Å². The SMILES string of the molecule is CCOCC.COCCOc1cc(-c2cccc(NS(=O)(=O)CCCF)c2F)cc2c(N)nc(-c3cnc(N)nc3)nc12. The number of methoxy groups -OCH3 is 1. The molecule has 5 N–H and O–H groups in total. The molecule has 0 saturated heterocycles. The predicted molar refractivity (Wildman–Crippen MR) is 162 cm³/mol. The Bertz CT molecular complexity index is 1610. The zero-order valence-corrected chi connectivity index (χ0v) is 25.0. The Labute approximate surface area is 248 Å². The molecule has 2 aromatic heterocycles. The molecule has 0 spiro atoms. The molecular formula is C28H35F2N7O5S. The highest BCUT2D eigenvalue weighted by molar-refractivity contribution is 7.92. The number of fused-ring (bicyclic) bond motifs is 1. The number of hydrogen-bond acceptors (Lipinski definition) is 11. The van der Waals surface area contributed by atoms with E-state index in [-0.39, 0.29) is 54.2 Å². The van der Waals surface area contributed by atoms with Gasteiger partial charge in [-0.25, -0.2) is 32.7 Å². The summed E-state index contributed by atoms with van der Waals surface area (Å²) in [4.78, 5) is 16.8. The van der Waals surface area contributed by atoms with Crippen LogP contribution in [0.1, 0.15) is 20.3 Å². The van der Waals surface area contributed by atoms with Gasteiger partial charge in [0.15, 0.2) is 11.6 Å². The van der Waals surface area contributed by atoms with Gasteiger partial charge in [-0.3, -0.25) is 9.11 Å². The van der Waals surface area contributed by atoms with Crippen molar-refractivity contribution in [3.8, 4) is 28.3 Å². The summed E-state index contributed by atoms with van der Waals surface area (Å²) in [5, 5.41) is 0.378. The quantitative estimate of drug-likeness (QED) is 0.183. The molecule has 0 aliphatic heterocycles. The van der Waals surface area contributed by atoms with Crippen LogP contribution in [0.15, 0.2) is 42.7 Å². The van der Waals surface area contributed by atoms with E-state index in [4.69, 9.17) is 25.7 Å². The molecule has 4 aromatic rings. The van der Waals surface area contributed by atoms with Gasteiger partial charge in [-0.1, -0.05) is 12.1 Å². The van der Waals surface area contributed by atoms with Gasteiger partial charge in [0, 0.05) is 43.7 Å². The Morgan fingerprint density at radius 3 is 2.35 bits per heavy atom. The van der Waals surface area contributed by atoms with Crippen molar-refractivity contribution in [2.45, 2.75) is 20.3 Å². The van der Waals surface area contributed by atoms with Gasteiger partial charge in [-0.05, 0) is 44.0 Å².